The highest BCUT2D eigenvalue weighted by molar-refractivity contribution is 5.43. The van der Waals surface area contributed by atoms with E-state index in [1.165, 1.54) is 5.56 Å². The summed E-state index contributed by atoms with van der Waals surface area (Å²) in [6.45, 7) is 0.727. The minimum absolute atomic E-state index is 0.158. The maximum atomic E-state index is 5.84. The smallest absolute Gasteiger partial charge is 0.128 e. The number of hydrogen-bond donors (Lipinski definition) is 2. The van der Waals surface area contributed by atoms with Gasteiger partial charge >= 0.3 is 0 Å². The molecule has 2 aromatic rings. The maximum Gasteiger partial charge on any atom is 0.128 e. The van der Waals surface area contributed by atoms with Crippen molar-refractivity contribution in [2.24, 2.45) is 0 Å². The number of benzene rings is 1. The summed E-state index contributed by atoms with van der Waals surface area (Å²) < 4.78 is 5.84. The molecule has 92 valence electrons. The highest BCUT2D eigenvalue weighted by atomic mass is 16.5. The molecule has 3 N–H and O–H groups in total. The van der Waals surface area contributed by atoms with Crippen LogP contribution in [-0.2, 0) is 6.42 Å². The van der Waals surface area contributed by atoms with Crippen LogP contribution in [-0.4, -0.2) is 17.6 Å². The number of nitrogens with one attached hydrogen (secondary N) is 1. The van der Waals surface area contributed by atoms with Gasteiger partial charge in [-0.05, 0) is 23.8 Å². The lowest BCUT2D eigenvalue weighted by molar-refractivity contribution is 0.246. The van der Waals surface area contributed by atoms with Gasteiger partial charge in [0.15, 0.2) is 0 Å². The normalized spacial score (nSPS) is 17.0. The van der Waals surface area contributed by atoms with E-state index in [-0.39, 0.29) is 6.10 Å². The molecule has 0 bridgehead atoms. The van der Waals surface area contributed by atoms with Crippen LogP contribution in [0.2, 0.25) is 0 Å². The summed E-state index contributed by atoms with van der Waals surface area (Å²) in [5.74, 6) is 2.30. The van der Waals surface area contributed by atoms with E-state index in [1.54, 1.807) is 6.07 Å². The number of rotatable bonds is 3. The molecular formula is C14H15N3O. The van der Waals surface area contributed by atoms with E-state index < -0.39 is 0 Å². The number of nitrogens with zero attached hydrogens (tertiary/aromatic N) is 1. The fraction of sp³-hybridized carbons (Fsp3) is 0.214. The van der Waals surface area contributed by atoms with Gasteiger partial charge in [-0.25, -0.2) is 4.98 Å². The minimum atomic E-state index is 0.158. The monoisotopic (exact) mass is 241 g/mol. The van der Waals surface area contributed by atoms with Gasteiger partial charge in [-0.1, -0.05) is 24.3 Å². The first-order valence-electron chi connectivity index (χ1n) is 6.02. The van der Waals surface area contributed by atoms with Gasteiger partial charge in [-0.15, -0.1) is 0 Å². The molecule has 3 rings (SSSR count). The fourth-order valence-corrected chi connectivity index (χ4v) is 2.14. The van der Waals surface area contributed by atoms with E-state index >= 15 is 0 Å². The SMILES string of the molecule is Nc1cccc(NCC2Cc3ccccc3O2)n1. The molecule has 2 heterocycles. The summed E-state index contributed by atoms with van der Waals surface area (Å²) in [6.07, 6.45) is 1.09. The molecule has 1 aromatic heterocycles. The molecule has 0 saturated carbocycles. The maximum absolute atomic E-state index is 5.84. The third-order valence-corrected chi connectivity index (χ3v) is 3.00. The Morgan fingerprint density at radius 3 is 2.94 bits per heavy atom. The number of para-hydroxylation sites is 1. The molecule has 4 nitrogen and oxygen atoms in total. The fourth-order valence-electron chi connectivity index (χ4n) is 2.14. The summed E-state index contributed by atoms with van der Waals surface area (Å²) >= 11 is 0. The van der Waals surface area contributed by atoms with Gasteiger partial charge in [0.2, 0.25) is 0 Å². The topological polar surface area (TPSA) is 60.2 Å². The van der Waals surface area contributed by atoms with Crippen molar-refractivity contribution in [3.05, 3.63) is 48.0 Å². The van der Waals surface area contributed by atoms with Crippen molar-refractivity contribution >= 4 is 11.6 Å². The predicted octanol–water partition coefficient (Wildman–Crippen LogP) is 2.08. The van der Waals surface area contributed by atoms with Crippen molar-refractivity contribution in [1.29, 1.82) is 0 Å². The molecule has 0 fully saturated rings. The Balaban J connectivity index is 1.60. The zero-order valence-electron chi connectivity index (χ0n) is 9.97. The van der Waals surface area contributed by atoms with E-state index in [0.717, 1.165) is 24.5 Å². The zero-order valence-corrected chi connectivity index (χ0v) is 9.97. The molecule has 0 amide bonds. The number of nitrogens with two attached hydrogens (primary N) is 1. The van der Waals surface area contributed by atoms with E-state index in [2.05, 4.69) is 16.4 Å². The quantitative estimate of drug-likeness (QED) is 0.863. The molecule has 0 aliphatic carbocycles. The van der Waals surface area contributed by atoms with Gasteiger partial charge in [0.1, 0.15) is 23.5 Å². The second kappa shape index (κ2) is 4.56. The summed E-state index contributed by atoms with van der Waals surface area (Å²) in [4.78, 5) is 4.19. The number of anilines is 2. The lowest BCUT2D eigenvalue weighted by Gasteiger charge is -2.12. The third-order valence-electron chi connectivity index (χ3n) is 3.00. The van der Waals surface area contributed by atoms with Crippen molar-refractivity contribution in [3.8, 4) is 5.75 Å². The molecule has 1 aromatic carbocycles. The largest absolute Gasteiger partial charge is 0.488 e. The molecule has 4 heteroatoms. The number of nitrogen functional groups attached to an aromatic ring is 1. The molecule has 1 atom stereocenters. The molecule has 0 radical (unpaired) electrons. The Hall–Kier alpha value is -2.23. The number of hydrogen-bond acceptors (Lipinski definition) is 4. The molecule has 0 spiro atoms. The van der Waals surface area contributed by atoms with Crippen molar-refractivity contribution in [2.45, 2.75) is 12.5 Å². The Morgan fingerprint density at radius 1 is 1.22 bits per heavy atom. The lowest BCUT2D eigenvalue weighted by atomic mass is 10.1. The summed E-state index contributed by atoms with van der Waals surface area (Å²) in [5.41, 5.74) is 6.90. The van der Waals surface area contributed by atoms with E-state index in [4.69, 9.17) is 10.5 Å². The average molecular weight is 241 g/mol. The molecule has 1 aliphatic heterocycles. The van der Waals surface area contributed by atoms with Crippen molar-refractivity contribution in [2.75, 3.05) is 17.6 Å². The second-order valence-corrected chi connectivity index (χ2v) is 4.38. The highest BCUT2D eigenvalue weighted by Crippen LogP contribution is 2.28. The highest BCUT2D eigenvalue weighted by Gasteiger charge is 2.21. The number of aromatic nitrogens is 1. The lowest BCUT2D eigenvalue weighted by Crippen LogP contribution is -2.24. The average Bonchev–Trinajstić information content (AvgIpc) is 2.79. The zero-order chi connectivity index (χ0) is 12.4. The Labute approximate surface area is 106 Å². The second-order valence-electron chi connectivity index (χ2n) is 4.38. The van der Waals surface area contributed by atoms with Crippen molar-refractivity contribution in [1.82, 2.24) is 4.98 Å². The van der Waals surface area contributed by atoms with Crippen LogP contribution in [0.15, 0.2) is 42.5 Å². The first-order valence-corrected chi connectivity index (χ1v) is 6.02. The van der Waals surface area contributed by atoms with Crippen LogP contribution in [0.4, 0.5) is 11.6 Å². The van der Waals surface area contributed by atoms with E-state index in [0.29, 0.717) is 5.82 Å². The number of fused-ring (bicyclic) bond motifs is 1. The summed E-state index contributed by atoms with van der Waals surface area (Å²) in [5, 5.41) is 3.25. The molecule has 18 heavy (non-hydrogen) atoms. The van der Waals surface area contributed by atoms with Crippen LogP contribution in [0.1, 0.15) is 5.56 Å². The van der Waals surface area contributed by atoms with Crippen molar-refractivity contribution < 1.29 is 4.74 Å². The molecular weight excluding hydrogens is 226 g/mol. The number of ether oxygens (including phenoxy) is 1. The van der Waals surface area contributed by atoms with Crippen LogP contribution >= 0.6 is 0 Å². The first kappa shape index (κ1) is 10.9. The van der Waals surface area contributed by atoms with Gasteiger partial charge in [-0.3, -0.25) is 0 Å². The standard InChI is InChI=1S/C14H15N3O/c15-13-6-3-7-14(17-13)16-9-11-8-10-4-1-2-5-12(10)18-11/h1-7,11H,8-9H2,(H3,15,16,17). The van der Waals surface area contributed by atoms with Crippen LogP contribution in [0.3, 0.4) is 0 Å². The van der Waals surface area contributed by atoms with Gasteiger partial charge in [-0.2, -0.15) is 0 Å². The molecule has 0 saturated heterocycles. The van der Waals surface area contributed by atoms with Crippen molar-refractivity contribution in [3.63, 3.8) is 0 Å². The predicted molar refractivity (Wildman–Crippen MR) is 71.7 cm³/mol. The van der Waals surface area contributed by atoms with Gasteiger partial charge in [0, 0.05) is 6.42 Å². The van der Waals surface area contributed by atoms with Crippen LogP contribution in [0, 0.1) is 0 Å². The Kier molecular flexibility index (Phi) is 2.76. The summed E-state index contributed by atoms with van der Waals surface area (Å²) in [7, 11) is 0. The van der Waals surface area contributed by atoms with Gasteiger partial charge in [0.25, 0.3) is 0 Å². The Bertz CT molecular complexity index is 531. The Morgan fingerprint density at radius 2 is 2.11 bits per heavy atom. The van der Waals surface area contributed by atoms with Crippen LogP contribution < -0.4 is 15.8 Å². The van der Waals surface area contributed by atoms with Crippen LogP contribution in [0.25, 0.3) is 0 Å². The molecule has 1 aliphatic rings. The summed E-state index contributed by atoms with van der Waals surface area (Å²) in [6, 6.07) is 13.7. The first-order chi connectivity index (χ1) is 8.81. The van der Waals surface area contributed by atoms with Gasteiger partial charge < -0.3 is 15.8 Å². The van der Waals surface area contributed by atoms with Crippen LogP contribution in [0.5, 0.6) is 5.75 Å². The minimum Gasteiger partial charge on any atom is -0.488 e. The molecule has 1 unspecified atom stereocenters. The van der Waals surface area contributed by atoms with E-state index in [1.807, 2.05) is 30.3 Å². The third kappa shape index (κ3) is 2.22. The van der Waals surface area contributed by atoms with Gasteiger partial charge in [0.05, 0.1) is 6.54 Å². The number of pyridine rings is 1. The van der Waals surface area contributed by atoms with E-state index in [9.17, 15) is 0 Å².